The summed E-state index contributed by atoms with van der Waals surface area (Å²) in [7, 11) is 0.0118. The number of carboxylic acid groups (broad SMARTS) is 1. The van der Waals surface area contributed by atoms with Gasteiger partial charge in [-0.05, 0) is 77.2 Å². The van der Waals surface area contributed by atoms with Crippen LogP contribution in [0.25, 0.3) is 44.4 Å². The van der Waals surface area contributed by atoms with Gasteiger partial charge in [0.1, 0.15) is 24.4 Å². The van der Waals surface area contributed by atoms with Crippen LogP contribution < -0.4 is 5.32 Å². The average Bonchev–Trinajstić information content (AvgIpc) is 4.04. The molecule has 13 nitrogen and oxygen atoms in total. The van der Waals surface area contributed by atoms with Crippen LogP contribution in [-0.2, 0) is 21.0 Å². The second-order valence-corrected chi connectivity index (χ2v) is 22.6. The number of aromatic amines is 1. The molecular formula is C44H55N7O6Si. The molecule has 3 N–H and O–H groups in total. The molecule has 2 fully saturated rings. The minimum absolute atomic E-state index is 0.103. The number of fused-ring (bicyclic) bond motifs is 1. The molecule has 2 aromatic heterocycles. The predicted molar refractivity (Wildman–Crippen MR) is 227 cm³/mol. The fourth-order valence-corrected chi connectivity index (χ4v) is 8.85. The fourth-order valence-electron chi connectivity index (χ4n) is 8.09. The summed E-state index contributed by atoms with van der Waals surface area (Å²) in [5.74, 6) is 1.22. The summed E-state index contributed by atoms with van der Waals surface area (Å²) < 4.78 is 13.1. The van der Waals surface area contributed by atoms with E-state index < -0.39 is 26.3 Å². The molecule has 0 unspecified atom stereocenters. The Labute approximate surface area is 340 Å². The molecule has 7 rings (SSSR count). The third kappa shape index (κ3) is 8.82. The maximum absolute atomic E-state index is 13.6. The summed E-state index contributed by atoms with van der Waals surface area (Å²) in [4.78, 5) is 53.9. The van der Waals surface area contributed by atoms with Crippen molar-refractivity contribution in [3.05, 3.63) is 84.7 Å². The van der Waals surface area contributed by atoms with Gasteiger partial charge in [0.15, 0.2) is 0 Å². The summed E-state index contributed by atoms with van der Waals surface area (Å²) in [6, 6.07) is 21.1. The number of hydrogen-bond acceptors (Lipinski definition) is 7. The molecule has 14 heteroatoms. The van der Waals surface area contributed by atoms with Gasteiger partial charge in [-0.25, -0.2) is 19.6 Å². The van der Waals surface area contributed by atoms with Crippen molar-refractivity contribution in [2.75, 3.05) is 26.8 Å². The van der Waals surface area contributed by atoms with Gasteiger partial charge in [0.2, 0.25) is 5.91 Å². The first kappa shape index (κ1) is 40.7. The van der Waals surface area contributed by atoms with E-state index in [2.05, 4.69) is 95.2 Å². The number of H-pyrrole nitrogens is 1. The first-order valence-electron chi connectivity index (χ1n) is 20.3. The van der Waals surface area contributed by atoms with E-state index in [1.54, 1.807) is 0 Å². The highest BCUT2D eigenvalue weighted by Gasteiger charge is 2.38. The van der Waals surface area contributed by atoms with Crippen molar-refractivity contribution in [3.8, 4) is 33.6 Å². The van der Waals surface area contributed by atoms with Crippen LogP contribution in [0.5, 0.6) is 0 Å². The summed E-state index contributed by atoms with van der Waals surface area (Å²) >= 11 is 0. The molecule has 3 aromatic carbocycles. The number of amides is 3. The standard InChI is InChI=1S/C44H55N7O6Si/c1-28(2)39(48-43(53)56-3)42(52)49-19-7-9-36(49)40-45-25-35(47-40)30-13-11-29(12-14-30)31-15-16-33-24-34(18-17-32(33)23-31)38-26-46-41(37-10-8-20-50(37)44(54)55)51(38)27-57-21-22-58(4,5)6/h11-18,23-26,28,36-37,39H,7-10,19-22,27H2,1-6H3,(H,45,47)(H,48,53)(H,54,55)/t36-,37-,39-/m0/s1. The molecule has 3 amide bonds. The number of nitrogens with zero attached hydrogens (tertiary/aromatic N) is 5. The van der Waals surface area contributed by atoms with Crippen molar-refractivity contribution in [1.29, 1.82) is 0 Å². The van der Waals surface area contributed by atoms with Crippen LogP contribution in [0.2, 0.25) is 25.7 Å². The number of benzene rings is 3. The van der Waals surface area contributed by atoms with Crippen molar-refractivity contribution < 1.29 is 29.0 Å². The predicted octanol–water partition coefficient (Wildman–Crippen LogP) is 8.93. The van der Waals surface area contributed by atoms with Crippen LogP contribution in [0.1, 0.15) is 63.3 Å². The Balaban J connectivity index is 1.08. The van der Waals surface area contributed by atoms with Crippen LogP contribution in [0.4, 0.5) is 9.59 Å². The Bertz CT molecular complexity index is 2260. The monoisotopic (exact) mass is 805 g/mol. The van der Waals surface area contributed by atoms with E-state index in [0.717, 1.165) is 87.8 Å². The lowest BCUT2D eigenvalue weighted by atomic mass is 9.98. The molecule has 0 radical (unpaired) electrons. The van der Waals surface area contributed by atoms with Gasteiger partial charge in [-0.1, -0.05) is 82.0 Å². The topological polar surface area (TPSA) is 155 Å². The van der Waals surface area contributed by atoms with Crippen molar-refractivity contribution in [2.24, 2.45) is 5.92 Å². The highest BCUT2D eigenvalue weighted by Crippen LogP contribution is 2.36. The zero-order valence-electron chi connectivity index (χ0n) is 34.3. The number of carbonyl (C=O) groups is 3. The van der Waals surface area contributed by atoms with Crippen molar-refractivity contribution in [2.45, 2.75) is 90.1 Å². The van der Waals surface area contributed by atoms with Gasteiger partial charge in [0.05, 0.1) is 43.0 Å². The van der Waals surface area contributed by atoms with Gasteiger partial charge in [-0.3, -0.25) is 9.69 Å². The smallest absolute Gasteiger partial charge is 0.407 e. The molecule has 0 aliphatic carbocycles. The van der Waals surface area contributed by atoms with E-state index >= 15 is 0 Å². The van der Waals surface area contributed by atoms with E-state index in [1.807, 2.05) is 31.1 Å². The number of alkyl carbamates (subject to hydrolysis) is 1. The van der Waals surface area contributed by atoms with Crippen molar-refractivity contribution in [3.63, 3.8) is 0 Å². The second kappa shape index (κ2) is 17.2. The Kier molecular flexibility index (Phi) is 12.1. The number of imidazole rings is 2. The number of carbonyl (C=O) groups excluding carboxylic acids is 2. The maximum Gasteiger partial charge on any atom is 0.407 e. The lowest BCUT2D eigenvalue weighted by Crippen LogP contribution is -2.51. The molecule has 58 heavy (non-hydrogen) atoms. The second-order valence-electron chi connectivity index (χ2n) is 17.0. The number of likely N-dealkylation sites (tertiary alicyclic amines) is 2. The maximum atomic E-state index is 13.6. The van der Waals surface area contributed by atoms with Crippen LogP contribution in [0.3, 0.4) is 0 Å². The summed E-state index contributed by atoms with van der Waals surface area (Å²) in [6.07, 6.45) is 5.31. The number of aromatic nitrogens is 4. The Morgan fingerprint density at radius 1 is 0.862 bits per heavy atom. The SMILES string of the molecule is COC(=O)N[C@H](C(=O)N1CCC[C@H]1c1ncc(-c2ccc(-c3ccc4cc(-c5cnc([C@@H]6CCCN6C(=O)O)n5COCC[Si](C)(C)C)ccc4c3)cc2)[nH]1)C(C)C. The third-order valence-corrected chi connectivity index (χ3v) is 13.1. The largest absolute Gasteiger partial charge is 0.465 e. The average molecular weight is 806 g/mol. The van der Waals surface area contributed by atoms with Crippen molar-refractivity contribution in [1.82, 2.24) is 34.6 Å². The molecule has 0 spiro atoms. The van der Waals surface area contributed by atoms with Crippen LogP contribution >= 0.6 is 0 Å². The van der Waals surface area contributed by atoms with E-state index in [4.69, 9.17) is 19.4 Å². The van der Waals surface area contributed by atoms with Crippen LogP contribution in [0, 0.1) is 5.92 Å². The highest BCUT2D eigenvalue weighted by atomic mass is 28.3. The molecule has 306 valence electrons. The van der Waals surface area contributed by atoms with E-state index in [1.165, 1.54) is 12.0 Å². The minimum Gasteiger partial charge on any atom is -0.465 e. The normalized spacial score (nSPS) is 17.6. The minimum atomic E-state index is -1.28. The zero-order valence-corrected chi connectivity index (χ0v) is 35.3. The number of ether oxygens (including phenoxy) is 2. The number of methoxy groups -OCH3 is 1. The number of rotatable bonds is 13. The number of nitrogens with one attached hydrogen (secondary N) is 2. The number of hydrogen-bond donors (Lipinski definition) is 3. The molecule has 4 heterocycles. The highest BCUT2D eigenvalue weighted by molar-refractivity contribution is 6.76. The fraction of sp³-hybridized carbons (Fsp3) is 0.432. The van der Waals surface area contributed by atoms with Crippen molar-refractivity contribution >= 4 is 36.9 Å². The van der Waals surface area contributed by atoms with E-state index in [9.17, 15) is 19.5 Å². The van der Waals surface area contributed by atoms with E-state index in [-0.39, 0.29) is 23.9 Å². The molecule has 0 bridgehead atoms. The lowest BCUT2D eigenvalue weighted by molar-refractivity contribution is -0.135. The molecule has 3 atom stereocenters. The van der Waals surface area contributed by atoms with Gasteiger partial charge < -0.3 is 34.3 Å². The molecule has 2 aliphatic heterocycles. The van der Waals surface area contributed by atoms with Crippen LogP contribution in [0.15, 0.2) is 73.1 Å². The third-order valence-electron chi connectivity index (χ3n) is 11.4. The van der Waals surface area contributed by atoms with Crippen LogP contribution in [-0.4, -0.2) is 93.4 Å². The summed E-state index contributed by atoms with van der Waals surface area (Å²) in [6.45, 7) is 12.9. The molecule has 2 saturated heterocycles. The van der Waals surface area contributed by atoms with E-state index in [0.29, 0.717) is 26.4 Å². The van der Waals surface area contributed by atoms with Gasteiger partial charge in [0, 0.05) is 33.3 Å². The first-order chi connectivity index (χ1) is 27.8. The van der Waals surface area contributed by atoms with Gasteiger partial charge in [-0.2, -0.15) is 0 Å². The summed E-state index contributed by atoms with van der Waals surface area (Å²) in [5, 5.41) is 14.8. The molecule has 0 saturated carbocycles. The lowest BCUT2D eigenvalue weighted by Gasteiger charge is -2.30. The molecular weight excluding hydrogens is 751 g/mol. The van der Waals surface area contributed by atoms with Gasteiger partial charge >= 0.3 is 12.2 Å². The Morgan fingerprint density at radius 3 is 2.17 bits per heavy atom. The van der Waals surface area contributed by atoms with Gasteiger partial charge in [-0.15, -0.1) is 0 Å². The Morgan fingerprint density at radius 2 is 1.50 bits per heavy atom. The first-order valence-corrected chi connectivity index (χ1v) is 24.0. The quantitative estimate of drug-likeness (QED) is 0.0788. The molecule has 2 aliphatic rings. The van der Waals surface area contributed by atoms with Gasteiger partial charge in [0.25, 0.3) is 0 Å². The summed E-state index contributed by atoms with van der Waals surface area (Å²) in [5.41, 5.74) is 5.94. The zero-order chi connectivity index (χ0) is 41.1. The molecule has 5 aromatic rings. The Hall–Kier alpha value is -5.47.